The molecule has 3 aliphatic rings. The van der Waals surface area contributed by atoms with Crippen molar-refractivity contribution in [2.75, 3.05) is 13.1 Å². The predicted octanol–water partition coefficient (Wildman–Crippen LogP) is 2.43. The summed E-state index contributed by atoms with van der Waals surface area (Å²) in [5, 5.41) is 13.2. The first-order chi connectivity index (χ1) is 13.0. The number of amides is 2. The highest BCUT2D eigenvalue weighted by Crippen LogP contribution is 2.41. The fourth-order valence-corrected chi connectivity index (χ4v) is 5.27. The molecule has 1 atom stereocenters. The van der Waals surface area contributed by atoms with Crippen LogP contribution < -0.4 is 11.1 Å². The van der Waals surface area contributed by atoms with Gasteiger partial charge in [-0.15, -0.1) is 0 Å². The van der Waals surface area contributed by atoms with Crippen LogP contribution in [-0.2, 0) is 9.59 Å². The minimum absolute atomic E-state index is 0.0849. The second kappa shape index (κ2) is 8.60. The third-order valence-electron chi connectivity index (χ3n) is 6.98. The highest BCUT2D eigenvalue weighted by atomic mass is 16.2. The van der Waals surface area contributed by atoms with E-state index >= 15 is 0 Å². The van der Waals surface area contributed by atoms with Gasteiger partial charge in [0.2, 0.25) is 11.8 Å². The van der Waals surface area contributed by atoms with Crippen LogP contribution in [0.4, 0.5) is 0 Å². The molecule has 2 amide bonds. The third-order valence-corrected chi connectivity index (χ3v) is 6.98. The average molecular weight is 374 g/mol. The number of hydrogen-bond donors (Lipinski definition) is 2. The molecule has 0 aromatic carbocycles. The summed E-state index contributed by atoms with van der Waals surface area (Å²) in [5.41, 5.74) is 4.39. The molecule has 0 spiro atoms. The number of rotatable bonds is 6. The molecule has 1 radical (unpaired) electrons. The van der Waals surface area contributed by atoms with Gasteiger partial charge in [0.1, 0.15) is 5.54 Å². The minimum atomic E-state index is -0.762. The van der Waals surface area contributed by atoms with Crippen molar-refractivity contribution in [1.82, 2.24) is 10.2 Å². The normalized spacial score (nSPS) is 28.4. The van der Waals surface area contributed by atoms with E-state index in [2.05, 4.69) is 11.4 Å². The summed E-state index contributed by atoms with van der Waals surface area (Å²) >= 11 is 0. The Morgan fingerprint density at radius 2 is 1.78 bits per heavy atom. The van der Waals surface area contributed by atoms with Crippen molar-refractivity contribution in [3.05, 3.63) is 6.42 Å². The Kier molecular flexibility index (Phi) is 6.41. The monoisotopic (exact) mass is 373 g/mol. The summed E-state index contributed by atoms with van der Waals surface area (Å²) in [5.74, 6) is -0.369. The topological polar surface area (TPSA) is 99.2 Å². The standard InChI is InChI=1S/C21H33N4O2/c22-15-21(13-14-24-16-21)25(17-7-3-1-4-8-17)18(26)9-12-20(19(23)27)10-5-2-6-11-20/h9,17,24H,1-8,10-14,16H2,(H2,23,27). The summed E-state index contributed by atoms with van der Waals surface area (Å²) in [4.78, 5) is 27.4. The molecule has 0 bridgehead atoms. The van der Waals surface area contributed by atoms with Crippen LogP contribution in [0, 0.1) is 23.2 Å². The fourth-order valence-electron chi connectivity index (χ4n) is 5.27. The van der Waals surface area contributed by atoms with E-state index in [0.29, 0.717) is 19.4 Å². The van der Waals surface area contributed by atoms with Crippen molar-refractivity contribution in [2.45, 2.75) is 88.6 Å². The van der Waals surface area contributed by atoms with E-state index in [0.717, 1.165) is 64.3 Å². The van der Waals surface area contributed by atoms with E-state index in [1.165, 1.54) is 6.42 Å². The molecule has 3 N–H and O–H groups in total. The van der Waals surface area contributed by atoms with Crippen molar-refractivity contribution in [1.29, 1.82) is 5.26 Å². The van der Waals surface area contributed by atoms with Crippen LogP contribution in [0.5, 0.6) is 0 Å². The molecule has 3 fully saturated rings. The lowest BCUT2D eigenvalue weighted by molar-refractivity contribution is -0.136. The van der Waals surface area contributed by atoms with E-state index in [1.54, 1.807) is 6.42 Å². The smallest absolute Gasteiger partial charge is 0.228 e. The highest BCUT2D eigenvalue weighted by molar-refractivity contribution is 5.88. The Bertz CT molecular complexity index is 579. The molecular weight excluding hydrogens is 340 g/mol. The third kappa shape index (κ3) is 4.13. The summed E-state index contributed by atoms with van der Waals surface area (Å²) in [6, 6.07) is 2.58. The maximum absolute atomic E-state index is 13.3. The van der Waals surface area contributed by atoms with Crippen molar-refractivity contribution in [3.8, 4) is 6.07 Å². The van der Waals surface area contributed by atoms with E-state index < -0.39 is 11.0 Å². The summed E-state index contributed by atoms with van der Waals surface area (Å²) in [7, 11) is 0. The average Bonchev–Trinajstić information content (AvgIpc) is 3.18. The molecule has 2 aliphatic carbocycles. The van der Waals surface area contributed by atoms with Crippen molar-refractivity contribution in [2.24, 2.45) is 11.1 Å². The molecule has 149 valence electrons. The van der Waals surface area contributed by atoms with Crippen molar-refractivity contribution in [3.63, 3.8) is 0 Å². The Labute approximate surface area is 162 Å². The quantitative estimate of drug-likeness (QED) is 0.747. The zero-order chi connectivity index (χ0) is 19.3. The van der Waals surface area contributed by atoms with Gasteiger partial charge in [-0.3, -0.25) is 9.59 Å². The first-order valence-corrected chi connectivity index (χ1v) is 10.6. The van der Waals surface area contributed by atoms with Gasteiger partial charge in [-0.05, 0) is 45.1 Å². The zero-order valence-corrected chi connectivity index (χ0v) is 16.3. The Morgan fingerprint density at radius 3 is 2.33 bits per heavy atom. The number of primary amides is 1. The largest absolute Gasteiger partial charge is 0.369 e. The van der Waals surface area contributed by atoms with Gasteiger partial charge < -0.3 is 16.0 Å². The van der Waals surface area contributed by atoms with Gasteiger partial charge in [-0.25, -0.2) is 0 Å². The van der Waals surface area contributed by atoms with E-state index in [-0.39, 0.29) is 17.9 Å². The van der Waals surface area contributed by atoms with Crippen molar-refractivity contribution >= 4 is 11.8 Å². The predicted molar refractivity (Wildman–Crippen MR) is 103 cm³/mol. The first kappa shape index (κ1) is 20.1. The SMILES string of the molecule is N#CC1(N(C(=O)[CH]CC2(C(N)=O)CCCCC2)C2CCCCC2)CCNC1. The first-order valence-electron chi connectivity index (χ1n) is 10.6. The Hall–Kier alpha value is -1.61. The molecule has 0 aromatic heterocycles. The zero-order valence-electron chi connectivity index (χ0n) is 16.3. The number of carbonyl (C=O) groups excluding carboxylic acids is 2. The van der Waals surface area contributed by atoms with Gasteiger partial charge in [0, 0.05) is 18.0 Å². The maximum atomic E-state index is 13.3. The lowest BCUT2D eigenvalue weighted by Crippen LogP contribution is -2.57. The second-order valence-corrected chi connectivity index (χ2v) is 8.68. The van der Waals surface area contributed by atoms with Crippen LogP contribution in [0.2, 0.25) is 0 Å². The molecule has 1 heterocycles. The van der Waals surface area contributed by atoms with Crippen molar-refractivity contribution < 1.29 is 9.59 Å². The molecule has 27 heavy (non-hydrogen) atoms. The Morgan fingerprint density at radius 1 is 1.11 bits per heavy atom. The molecule has 6 nitrogen and oxygen atoms in total. The van der Waals surface area contributed by atoms with Crippen LogP contribution in [0.15, 0.2) is 0 Å². The number of nitrogens with zero attached hydrogens (tertiary/aromatic N) is 2. The van der Waals surface area contributed by atoms with E-state index in [9.17, 15) is 14.9 Å². The van der Waals surface area contributed by atoms with Crippen LogP contribution in [-0.4, -0.2) is 41.4 Å². The molecule has 0 aromatic rings. The molecule has 1 saturated heterocycles. The summed E-state index contributed by atoms with van der Waals surface area (Å²) in [6.45, 7) is 1.29. The van der Waals surface area contributed by atoms with Crippen LogP contribution in [0.3, 0.4) is 0 Å². The molecule has 1 unspecified atom stereocenters. The van der Waals surface area contributed by atoms with Crippen LogP contribution >= 0.6 is 0 Å². The van der Waals surface area contributed by atoms with E-state index in [1.807, 2.05) is 4.90 Å². The number of nitrogens with one attached hydrogen (secondary N) is 1. The van der Waals surface area contributed by atoms with Gasteiger partial charge >= 0.3 is 0 Å². The molecular formula is C21H33N4O2. The molecule has 2 saturated carbocycles. The van der Waals surface area contributed by atoms with Gasteiger partial charge in [-0.2, -0.15) is 5.26 Å². The lowest BCUT2D eigenvalue weighted by atomic mass is 9.70. The lowest BCUT2D eigenvalue weighted by Gasteiger charge is -2.43. The second-order valence-electron chi connectivity index (χ2n) is 8.68. The summed E-state index contributed by atoms with van der Waals surface area (Å²) < 4.78 is 0. The molecule has 6 heteroatoms. The molecule has 1 aliphatic heterocycles. The number of hydrogen-bond acceptors (Lipinski definition) is 4. The van der Waals surface area contributed by atoms with E-state index in [4.69, 9.17) is 5.73 Å². The number of carbonyl (C=O) groups is 2. The number of nitriles is 1. The van der Waals surface area contributed by atoms with Crippen LogP contribution in [0.1, 0.15) is 77.0 Å². The van der Waals surface area contributed by atoms with Gasteiger partial charge in [0.25, 0.3) is 0 Å². The maximum Gasteiger partial charge on any atom is 0.228 e. The van der Waals surface area contributed by atoms with Gasteiger partial charge in [0.05, 0.1) is 12.5 Å². The Balaban J connectivity index is 1.76. The van der Waals surface area contributed by atoms with Gasteiger partial charge in [-0.1, -0.05) is 38.5 Å². The minimum Gasteiger partial charge on any atom is -0.369 e. The highest BCUT2D eigenvalue weighted by Gasteiger charge is 2.47. The number of nitrogens with two attached hydrogens (primary N) is 1. The fraction of sp³-hybridized carbons (Fsp3) is 0.810. The van der Waals surface area contributed by atoms with Gasteiger partial charge in [0.15, 0.2) is 0 Å². The molecule has 3 rings (SSSR count). The summed E-state index contributed by atoms with van der Waals surface area (Å²) in [6.07, 6.45) is 12.7. The van der Waals surface area contributed by atoms with Crippen LogP contribution in [0.25, 0.3) is 0 Å².